The van der Waals surface area contributed by atoms with Gasteiger partial charge in [0.2, 0.25) is 0 Å². The van der Waals surface area contributed by atoms with Crippen molar-refractivity contribution in [1.82, 2.24) is 9.80 Å². The summed E-state index contributed by atoms with van der Waals surface area (Å²) in [5.41, 5.74) is 4.07. The summed E-state index contributed by atoms with van der Waals surface area (Å²) in [6.07, 6.45) is 0. The molecule has 3 heteroatoms. The molecule has 0 unspecified atom stereocenters. The molecule has 1 aliphatic rings. The van der Waals surface area contributed by atoms with Gasteiger partial charge in [0.1, 0.15) is 0 Å². The molecule has 0 atom stereocenters. The normalized spacial score (nSPS) is 16.8. The van der Waals surface area contributed by atoms with Crippen LogP contribution >= 0.6 is 11.6 Å². The first-order valence-corrected chi connectivity index (χ1v) is 8.31. The third-order valence-electron chi connectivity index (χ3n) is 4.25. The Morgan fingerprint density at radius 3 is 1.91 bits per heavy atom. The molecule has 22 heavy (non-hydrogen) atoms. The van der Waals surface area contributed by atoms with Gasteiger partial charge in [-0.15, -0.1) is 0 Å². The molecule has 2 nitrogen and oxygen atoms in total. The SMILES string of the molecule is Cc1cccc(CN2CCN(Cc3cccc(Cl)c3)CC2)c1. The van der Waals surface area contributed by atoms with Gasteiger partial charge in [-0.05, 0) is 30.2 Å². The van der Waals surface area contributed by atoms with E-state index in [1.165, 1.54) is 16.7 Å². The first-order valence-electron chi connectivity index (χ1n) is 7.94. The summed E-state index contributed by atoms with van der Waals surface area (Å²) in [6, 6.07) is 17.0. The van der Waals surface area contributed by atoms with Gasteiger partial charge in [0.05, 0.1) is 0 Å². The zero-order valence-electron chi connectivity index (χ0n) is 13.1. The number of nitrogens with zero attached hydrogens (tertiary/aromatic N) is 2. The number of hydrogen-bond donors (Lipinski definition) is 0. The van der Waals surface area contributed by atoms with E-state index in [0.717, 1.165) is 44.3 Å². The van der Waals surface area contributed by atoms with Crippen molar-refractivity contribution < 1.29 is 0 Å². The Morgan fingerprint density at radius 2 is 1.36 bits per heavy atom. The van der Waals surface area contributed by atoms with Crippen LogP contribution in [0.15, 0.2) is 48.5 Å². The lowest BCUT2D eigenvalue weighted by atomic mass is 10.1. The van der Waals surface area contributed by atoms with Crippen LogP contribution in [0.2, 0.25) is 5.02 Å². The Labute approximate surface area is 138 Å². The monoisotopic (exact) mass is 314 g/mol. The van der Waals surface area contributed by atoms with Gasteiger partial charge in [-0.25, -0.2) is 0 Å². The molecule has 1 fully saturated rings. The van der Waals surface area contributed by atoms with Gasteiger partial charge in [-0.2, -0.15) is 0 Å². The van der Waals surface area contributed by atoms with Gasteiger partial charge in [-0.3, -0.25) is 9.80 Å². The molecule has 2 aromatic rings. The molecule has 1 saturated heterocycles. The minimum absolute atomic E-state index is 0.829. The van der Waals surface area contributed by atoms with E-state index in [4.69, 9.17) is 11.6 Å². The van der Waals surface area contributed by atoms with Crippen LogP contribution in [0.1, 0.15) is 16.7 Å². The van der Waals surface area contributed by atoms with Crippen LogP contribution in [0.3, 0.4) is 0 Å². The molecule has 0 spiro atoms. The van der Waals surface area contributed by atoms with E-state index in [1.54, 1.807) is 0 Å². The lowest BCUT2D eigenvalue weighted by Crippen LogP contribution is -2.45. The highest BCUT2D eigenvalue weighted by Crippen LogP contribution is 2.15. The van der Waals surface area contributed by atoms with Crippen LogP contribution in [0.5, 0.6) is 0 Å². The number of rotatable bonds is 4. The zero-order chi connectivity index (χ0) is 15.4. The predicted octanol–water partition coefficient (Wildman–Crippen LogP) is 3.97. The second-order valence-electron chi connectivity index (χ2n) is 6.17. The maximum atomic E-state index is 6.06. The Morgan fingerprint density at radius 1 is 0.818 bits per heavy atom. The number of aryl methyl sites for hydroxylation is 1. The molecule has 0 bridgehead atoms. The number of benzene rings is 2. The van der Waals surface area contributed by atoms with Crippen LogP contribution in [0.4, 0.5) is 0 Å². The predicted molar refractivity (Wildman–Crippen MR) is 93.2 cm³/mol. The molecule has 116 valence electrons. The molecule has 0 N–H and O–H groups in total. The average Bonchev–Trinajstić information content (AvgIpc) is 2.49. The molecule has 2 aromatic carbocycles. The average molecular weight is 315 g/mol. The number of piperazine rings is 1. The van der Waals surface area contributed by atoms with Crippen molar-refractivity contribution in [3.8, 4) is 0 Å². The minimum Gasteiger partial charge on any atom is -0.297 e. The zero-order valence-corrected chi connectivity index (χ0v) is 13.9. The van der Waals surface area contributed by atoms with Crippen molar-refractivity contribution in [2.24, 2.45) is 0 Å². The highest BCUT2D eigenvalue weighted by Gasteiger charge is 2.17. The Bertz CT molecular complexity index is 563. The quantitative estimate of drug-likeness (QED) is 0.842. The Hall–Kier alpha value is -1.35. The standard InChI is InChI=1S/C19H23ClN2/c1-16-4-2-5-17(12-16)14-21-8-10-22(11-9-21)15-18-6-3-7-19(20)13-18/h2-7,12-13H,8-11,14-15H2,1H3. The highest BCUT2D eigenvalue weighted by atomic mass is 35.5. The molecule has 1 aliphatic heterocycles. The first-order chi connectivity index (χ1) is 10.7. The molecule has 3 rings (SSSR count). The summed E-state index contributed by atoms with van der Waals surface area (Å²) >= 11 is 6.06. The van der Waals surface area contributed by atoms with Crippen LogP contribution < -0.4 is 0 Å². The van der Waals surface area contributed by atoms with Gasteiger partial charge in [0, 0.05) is 44.3 Å². The van der Waals surface area contributed by atoms with Crippen molar-refractivity contribution in [1.29, 1.82) is 0 Å². The molecule has 0 aromatic heterocycles. The summed E-state index contributed by atoms with van der Waals surface area (Å²) in [4.78, 5) is 5.06. The third kappa shape index (κ3) is 4.33. The van der Waals surface area contributed by atoms with Crippen LogP contribution in [-0.2, 0) is 13.1 Å². The Balaban J connectivity index is 1.50. The second kappa shape index (κ2) is 7.28. The van der Waals surface area contributed by atoms with Gasteiger partial charge >= 0.3 is 0 Å². The van der Waals surface area contributed by atoms with Crippen molar-refractivity contribution in [2.75, 3.05) is 26.2 Å². The fourth-order valence-electron chi connectivity index (χ4n) is 3.07. The van der Waals surface area contributed by atoms with E-state index in [-0.39, 0.29) is 0 Å². The van der Waals surface area contributed by atoms with Gasteiger partial charge in [0.25, 0.3) is 0 Å². The topological polar surface area (TPSA) is 6.48 Å². The van der Waals surface area contributed by atoms with Crippen LogP contribution in [0, 0.1) is 6.92 Å². The van der Waals surface area contributed by atoms with E-state index in [0.29, 0.717) is 0 Å². The van der Waals surface area contributed by atoms with Gasteiger partial charge in [0.15, 0.2) is 0 Å². The van der Waals surface area contributed by atoms with Gasteiger partial charge < -0.3 is 0 Å². The van der Waals surface area contributed by atoms with E-state index in [1.807, 2.05) is 12.1 Å². The smallest absolute Gasteiger partial charge is 0.0409 e. The molecule has 0 amide bonds. The third-order valence-corrected chi connectivity index (χ3v) is 4.48. The summed E-state index contributed by atoms with van der Waals surface area (Å²) < 4.78 is 0. The van der Waals surface area contributed by atoms with Crippen molar-refractivity contribution in [2.45, 2.75) is 20.0 Å². The maximum Gasteiger partial charge on any atom is 0.0409 e. The largest absolute Gasteiger partial charge is 0.297 e. The molecule has 1 heterocycles. The lowest BCUT2D eigenvalue weighted by molar-refractivity contribution is 0.122. The van der Waals surface area contributed by atoms with E-state index in [9.17, 15) is 0 Å². The molecule has 0 saturated carbocycles. The molecule has 0 radical (unpaired) electrons. The van der Waals surface area contributed by atoms with E-state index in [2.05, 4.69) is 53.1 Å². The molecular weight excluding hydrogens is 292 g/mol. The fraction of sp³-hybridized carbons (Fsp3) is 0.368. The highest BCUT2D eigenvalue weighted by molar-refractivity contribution is 6.30. The Kier molecular flexibility index (Phi) is 5.14. The van der Waals surface area contributed by atoms with Gasteiger partial charge in [-0.1, -0.05) is 53.6 Å². The summed E-state index contributed by atoms with van der Waals surface area (Å²) in [6.45, 7) is 8.73. The van der Waals surface area contributed by atoms with Crippen LogP contribution in [0.25, 0.3) is 0 Å². The number of halogens is 1. The van der Waals surface area contributed by atoms with E-state index < -0.39 is 0 Å². The summed E-state index contributed by atoms with van der Waals surface area (Å²) in [5, 5.41) is 0.829. The minimum atomic E-state index is 0.829. The molecule has 0 aliphatic carbocycles. The first kappa shape index (κ1) is 15.5. The maximum absolute atomic E-state index is 6.06. The summed E-state index contributed by atoms with van der Waals surface area (Å²) in [7, 11) is 0. The van der Waals surface area contributed by atoms with Crippen molar-refractivity contribution >= 4 is 11.6 Å². The molecular formula is C19H23ClN2. The summed E-state index contributed by atoms with van der Waals surface area (Å²) in [5.74, 6) is 0. The van der Waals surface area contributed by atoms with Crippen LogP contribution in [-0.4, -0.2) is 36.0 Å². The number of hydrogen-bond acceptors (Lipinski definition) is 2. The second-order valence-corrected chi connectivity index (χ2v) is 6.61. The fourth-order valence-corrected chi connectivity index (χ4v) is 3.28. The van der Waals surface area contributed by atoms with Crippen molar-refractivity contribution in [3.63, 3.8) is 0 Å². The lowest BCUT2D eigenvalue weighted by Gasteiger charge is -2.34. The van der Waals surface area contributed by atoms with Crippen molar-refractivity contribution in [3.05, 3.63) is 70.2 Å². The van der Waals surface area contributed by atoms with E-state index >= 15 is 0 Å².